The van der Waals surface area contributed by atoms with Gasteiger partial charge in [0.1, 0.15) is 5.75 Å². The summed E-state index contributed by atoms with van der Waals surface area (Å²) >= 11 is 0. The number of nitrogens with one attached hydrogen (secondary N) is 2. The van der Waals surface area contributed by atoms with Gasteiger partial charge < -0.3 is 15.0 Å². The van der Waals surface area contributed by atoms with E-state index in [1.165, 1.54) is 19.2 Å². The first kappa shape index (κ1) is 23.3. The normalized spacial score (nSPS) is 15.7. The molecule has 0 spiro atoms. The molecular formula is C25H25N3O5S. The Balaban J connectivity index is 1.43. The second-order valence-corrected chi connectivity index (χ2v) is 9.67. The molecule has 2 amide bonds. The van der Waals surface area contributed by atoms with E-state index in [-0.39, 0.29) is 23.1 Å². The number of benzene rings is 3. The average Bonchev–Trinajstić information content (AvgIpc) is 3.20. The summed E-state index contributed by atoms with van der Waals surface area (Å²) in [5.74, 6) is -0.526. The summed E-state index contributed by atoms with van der Waals surface area (Å²) in [7, 11) is -2.46. The lowest BCUT2D eigenvalue weighted by Crippen LogP contribution is -2.28. The largest absolute Gasteiger partial charge is 0.495 e. The first-order valence-electron chi connectivity index (χ1n) is 10.7. The van der Waals surface area contributed by atoms with Crippen molar-refractivity contribution in [3.8, 4) is 5.75 Å². The van der Waals surface area contributed by atoms with E-state index in [2.05, 4.69) is 10.0 Å². The Morgan fingerprint density at radius 3 is 2.53 bits per heavy atom. The van der Waals surface area contributed by atoms with Gasteiger partial charge in [0.05, 0.1) is 23.6 Å². The molecule has 3 aromatic carbocycles. The second-order valence-electron chi connectivity index (χ2n) is 7.98. The maximum Gasteiger partial charge on any atom is 0.262 e. The van der Waals surface area contributed by atoms with E-state index in [0.29, 0.717) is 30.2 Å². The van der Waals surface area contributed by atoms with Gasteiger partial charge in [-0.3, -0.25) is 14.3 Å². The number of methoxy groups -OCH3 is 1. The van der Waals surface area contributed by atoms with Crippen LogP contribution in [0.5, 0.6) is 5.75 Å². The summed E-state index contributed by atoms with van der Waals surface area (Å²) in [6.07, 6.45) is 0.117. The number of nitrogens with zero attached hydrogens (tertiary/aromatic N) is 1. The third kappa shape index (κ3) is 5.37. The molecule has 4 rings (SSSR count). The Bertz CT molecular complexity index is 1290. The number of hydrogen-bond donors (Lipinski definition) is 2. The maximum absolute atomic E-state index is 12.9. The quantitative estimate of drug-likeness (QED) is 0.515. The molecule has 0 aliphatic carbocycles. The van der Waals surface area contributed by atoms with Crippen molar-refractivity contribution in [2.45, 2.75) is 17.9 Å². The molecule has 2 N–H and O–H groups in total. The first-order chi connectivity index (χ1) is 16.4. The van der Waals surface area contributed by atoms with E-state index in [9.17, 15) is 18.0 Å². The van der Waals surface area contributed by atoms with Gasteiger partial charge in [0.2, 0.25) is 11.8 Å². The zero-order chi connectivity index (χ0) is 24.1. The standard InChI is InChI=1S/C25H25N3O5S/c1-33-23-13-6-5-12-22(23)27-34(31,32)21-11-7-10-20(15-21)26-25(30)19-14-24(29)28(17-19)16-18-8-3-2-4-9-18/h2-13,15,19,27H,14,16-17H2,1H3,(H,26,30)/t19-/m1/s1. The summed E-state index contributed by atoms with van der Waals surface area (Å²) < 4.78 is 33.5. The third-order valence-electron chi connectivity index (χ3n) is 5.56. The number of likely N-dealkylation sites (tertiary alicyclic amines) is 1. The number of amides is 2. The summed E-state index contributed by atoms with van der Waals surface area (Å²) in [6, 6.07) is 22.3. The molecule has 0 radical (unpaired) electrons. The predicted octanol–water partition coefficient (Wildman–Crippen LogP) is 3.48. The van der Waals surface area contributed by atoms with Gasteiger partial charge in [-0.15, -0.1) is 0 Å². The van der Waals surface area contributed by atoms with Gasteiger partial charge >= 0.3 is 0 Å². The van der Waals surface area contributed by atoms with Crippen molar-refractivity contribution in [1.29, 1.82) is 0 Å². The van der Waals surface area contributed by atoms with Crippen LogP contribution in [0.15, 0.2) is 83.8 Å². The van der Waals surface area contributed by atoms with Gasteiger partial charge in [0.25, 0.3) is 10.0 Å². The summed E-state index contributed by atoms with van der Waals surface area (Å²) in [5, 5.41) is 2.75. The van der Waals surface area contributed by atoms with Crippen molar-refractivity contribution >= 4 is 33.2 Å². The molecule has 1 heterocycles. The molecule has 0 unspecified atom stereocenters. The minimum atomic E-state index is -3.92. The van der Waals surface area contributed by atoms with E-state index in [1.54, 1.807) is 41.3 Å². The van der Waals surface area contributed by atoms with Crippen LogP contribution in [0, 0.1) is 5.92 Å². The molecular weight excluding hydrogens is 454 g/mol. The lowest BCUT2D eigenvalue weighted by atomic mass is 10.1. The van der Waals surface area contributed by atoms with Crippen LogP contribution < -0.4 is 14.8 Å². The smallest absolute Gasteiger partial charge is 0.262 e. The van der Waals surface area contributed by atoms with Crippen molar-refractivity contribution in [1.82, 2.24) is 4.90 Å². The van der Waals surface area contributed by atoms with Crippen LogP contribution in [0.2, 0.25) is 0 Å². The van der Waals surface area contributed by atoms with Crippen molar-refractivity contribution in [3.63, 3.8) is 0 Å². The number of hydrogen-bond acceptors (Lipinski definition) is 5. The number of para-hydroxylation sites is 2. The highest BCUT2D eigenvalue weighted by molar-refractivity contribution is 7.92. The highest BCUT2D eigenvalue weighted by Crippen LogP contribution is 2.27. The summed E-state index contributed by atoms with van der Waals surface area (Å²) in [4.78, 5) is 26.9. The van der Waals surface area contributed by atoms with Gasteiger partial charge in [-0.25, -0.2) is 8.42 Å². The Morgan fingerprint density at radius 1 is 1.03 bits per heavy atom. The van der Waals surface area contributed by atoms with Crippen LogP contribution in [-0.2, 0) is 26.2 Å². The SMILES string of the molecule is COc1ccccc1NS(=O)(=O)c1cccc(NC(=O)[C@@H]2CC(=O)N(Cc3ccccc3)C2)c1. The van der Waals surface area contributed by atoms with Crippen LogP contribution in [-0.4, -0.2) is 38.8 Å². The highest BCUT2D eigenvalue weighted by atomic mass is 32.2. The van der Waals surface area contributed by atoms with Gasteiger partial charge in [-0.05, 0) is 35.9 Å². The van der Waals surface area contributed by atoms with E-state index in [1.807, 2.05) is 30.3 Å². The lowest BCUT2D eigenvalue weighted by molar-refractivity contribution is -0.128. The van der Waals surface area contributed by atoms with Crippen molar-refractivity contribution in [3.05, 3.63) is 84.4 Å². The van der Waals surface area contributed by atoms with E-state index in [4.69, 9.17) is 4.74 Å². The first-order valence-corrected chi connectivity index (χ1v) is 12.2. The van der Waals surface area contributed by atoms with Gasteiger partial charge in [-0.1, -0.05) is 48.5 Å². The molecule has 176 valence electrons. The fraction of sp³-hybridized carbons (Fsp3) is 0.200. The number of rotatable bonds is 8. The van der Waals surface area contributed by atoms with Crippen LogP contribution in [0.4, 0.5) is 11.4 Å². The molecule has 1 atom stereocenters. The van der Waals surface area contributed by atoms with Crippen molar-refractivity contribution < 1.29 is 22.7 Å². The highest BCUT2D eigenvalue weighted by Gasteiger charge is 2.34. The van der Waals surface area contributed by atoms with E-state index >= 15 is 0 Å². The minimum Gasteiger partial charge on any atom is -0.495 e. The molecule has 1 aliphatic rings. The number of carbonyl (C=O) groups is 2. The third-order valence-corrected chi connectivity index (χ3v) is 6.93. The molecule has 0 aromatic heterocycles. The zero-order valence-electron chi connectivity index (χ0n) is 18.6. The summed E-state index contributed by atoms with van der Waals surface area (Å²) in [6.45, 7) is 0.763. The van der Waals surface area contributed by atoms with E-state index in [0.717, 1.165) is 5.56 Å². The second kappa shape index (κ2) is 9.96. The molecule has 8 nitrogen and oxygen atoms in total. The Kier molecular flexibility index (Phi) is 6.83. The number of anilines is 2. The minimum absolute atomic E-state index is 0.00981. The molecule has 1 fully saturated rings. The fourth-order valence-electron chi connectivity index (χ4n) is 3.82. The van der Waals surface area contributed by atoms with Crippen LogP contribution in [0.25, 0.3) is 0 Å². The van der Waals surface area contributed by atoms with Gasteiger partial charge in [0.15, 0.2) is 0 Å². The van der Waals surface area contributed by atoms with Gasteiger partial charge in [-0.2, -0.15) is 0 Å². The monoisotopic (exact) mass is 479 g/mol. The molecule has 0 saturated carbocycles. The van der Waals surface area contributed by atoms with E-state index < -0.39 is 15.9 Å². The molecule has 9 heteroatoms. The Hall–Kier alpha value is -3.85. The maximum atomic E-state index is 12.9. The van der Waals surface area contributed by atoms with Crippen LogP contribution in [0.1, 0.15) is 12.0 Å². The Morgan fingerprint density at radius 2 is 1.76 bits per heavy atom. The molecule has 34 heavy (non-hydrogen) atoms. The van der Waals surface area contributed by atoms with Crippen molar-refractivity contribution in [2.24, 2.45) is 5.92 Å². The predicted molar refractivity (Wildman–Crippen MR) is 129 cm³/mol. The zero-order valence-corrected chi connectivity index (χ0v) is 19.4. The van der Waals surface area contributed by atoms with Gasteiger partial charge in [0, 0.05) is 25.2 Å². The van der Waals surface area contributed by atoms with Crippen LogP contribution >= 0.6 is 0 Å². The lowest BCUT2D eigenvalue weighted by Gasteiger charge is -2.17. The Labute approximate surface area is 198 Å². The molecule has 1 saturated heterocycles. The number of carbonyl (C=O) groups excluding carboxylic acids is 2. The van der Waals surface area contributed by atoms with Crippen molar-refractivity contribution in [2.75, 3.05) is 23.7 Å². The average molecular weight is 480 g/mol. The summed E-state index contributed by atoms with van der Waals surface area (Å²) in [5.41, 5.74) is 1.64. The molecule has 0 bridgehead atoms. The molecule has 1 aliphatic heterocycles. The molecule has 3 aromatic rings. The van der Waals surface area contributed by atoms with Crippen LogP contribution in [0.3, 0.4) is 0 Å². The number of ether oxygens (including phenoxy) is 1. The number of sulfonamides is 1. The fourth-order valence-corrected chi connectivity index (χ4v) is 4.94. The topological polar surface area (TPSA) is 105 Å².